The predicted octanol–water partition coefficient (Wildman–Crippen LogP) is 5.54. The van der Waals surface area contributed by atoms with Crippen molar-refractivity contribution in [3.63, 3.8) is 0 Å². The van der Waals surface area contributed by atoms with Gasteiger partial charge in [-0.25, -0.2) is 0 Å². The van der Waals surface area contributed by atoms with E-state index in [1.165, 1.54) is 25.9 Å². The smallest absolute Gasteiger partial charge is 0.123 e. The molecule has 2 aliphatic rings. The summed E-state index contributed by atoms with van der Waals surface area (Å²) in [6.07, 6.45) is 2.71. The summed E-state index contributed by atoms with van der Waals surface area (Å²) in [5.41, 5.74) is 2.17. The number of hydrogen-bond acceptors (Lipinski definition) is 5. The van der Waals surface area contributed by atoms with Gasteiger partial charge in [-0.05, 0) is 79.9 Å². The van der Waals surface area contributed by atoms with Crippen LogP contribution in [0.15, 0.2) is 72.8 Å². The molecule has 0 saturated carbocycles. The zero-order chi connectivity index (χ0) is 23.0. The Morgan fingerprint density at radius 3 is 2.33 bits per heavy atom. The lowest BCUT2D eigenvalue weighted by Crippen LogP contribution is -2.25. The number of phenolic OH excluding ortho intramolecular Hbond substituents is 2. The SMILES string of the molecule is C[C@H]1c2cc(O)ccc2OC[C@H]1c1ccc(O)cc1.c1ccc(OCCN2CCCC2)cc1. The molecule has 2 N–H and O–H groups in total. The monoisotopic (exact) mass is 447 g/mol. The normalized spacial score (nSPS) is 19.7. The molecule has 0 aliphatic carbocycles. The first-order valence-corrected chi connectivity index (χ1v) is 11.7. The highest BCUT2D eigenvalue weighted by atomic mass is 16.5. The first-order chi connectivity index (χ1) is 16.1. The lowest BCUT2D eigenvalue weighted by molar-refractivity contribution is 0.238. The molecule has 174 valence electrons. The molecule has 0 bridgehead atoms. The molecular weight excluding hydrogens is 414 g/mol. The fourth-order valence-electron chi connectivity index (χ4n) is 4.49. The Bertz CT molecular complexity index is 1000. The Balaban J connectivity index is 0.000000165. The van der Waals surface area contributed by atoms with E-state index < -0.39 is 0 Å². The number of para-hydroxylation sites is 1. The van der Waals surface area contributed by atoms with Crippen molar-refractivity contribution in [1.29, 1.82) is 0 Å². The molecule has 2 aliphatic heterocycles. The van der Waals surface area contributed by atoms with Gasteiger partial charge >= 0.3 is 0 Å². The van der Waals surface area contributed by atoms with Crippen LogP contribution in [0, 0.1) is 0 Å². The van der Waals surface area contributed by atoms with E-state index in [1.54, 1.807) is 24.3 Å². The number of likely N-dealkylation sites (tertiary alicyclic amines) is 1. The van der Waals surface area contributed by atoms with Crippen LogP contribution in [0.3, 0.4) is 0 Å². The molecule has 3 aromatic carbocycles. The van der Waals surface area contributed by atoms with E-state index in [2.05, 4.69) is 11.8 Å². The second-order valence-electron chi connectivity index (χ2n) is 8.73. The molecule has 1 fully saturated rings. The Morgan fingerprint density at radius 2 is 1.61 bits per heavy atom. The molecule has 0 amide bonds. The summed E-state index contributed by atoms with van der Waals surface area (Å²) < 4.78 is 11.4. The molecule has 33 heavy (non-hydrogen) atoms. The average Bonchev–Trinajstić information content (AvgIpc) is 3.35. The fraction of sp³-hybridized carbons (Fsp3) is 0.357. The summed E-state index contributed by atoms with van der Waals surface area (Å²) in [7, 11) is 0. The van der Waals surface area contributed by atoms with Crippen LogP contribution in [-0.2, 0) is 0 Å². The Labute approximate surface area is 196 Å². The zero-order valence-electron chi connectivity index (χ0n) is 19.2. The molecule has 0 spiro atoms. The molecule has 2 heterocycles. The highest BCUT2D eigenvalue weighted by Gasteiger charge is 2.29. The summed E-state index contributed by atoms with van der Waals surface area (Å²) in [5, 5.41) is 19.0. The fourth-order valence-corrected chi connectivity index (χ4v) is 4.49. The Morgan fingerprint density at radius 1 is 0.909 bits per heavy atom. The quantitative estimate of drug-likeness (QED) is 0.538. The summed E-state index contributed by atoms with van der Waals surface area (Å²) in [6.45, 7) is 7.12. The highest BCUT2D eigenvalue weighted by Crippen LogP contribution is 2.43. The van der Waals surface area contributed by atoms with Gasteiger partial charge in [0.15, 0.2) is 0 Å². The van der Waals surface area contributed by atoms with Gasteiger partial charge in [0.05, 0.1) is 6.61 Å². The van der Waals surface area contributed by atoms with Gasteiger partial charge in [-0.2, -0.15) is 0 Å². The van der Waals surface area contributed by atoms with Gasteiger partial charge < -0.3 is 19.7 Å². The molecule has 5 rings (SSSR count). The standard InChI is InChI=1S/C16H16O3.C12H17NO/c1-10-14-8-13(18)6-7-16(14)19-9-15(10)11-2-4-12(17)5-3-11;1-2-6-12(7-3-1)14-11-10-13-8-4-5-9-13/h2-8,10,15,17-18H,9H2,1H3;1-3,6-7H,4-5,8-11H2/t10-,15+;/m0./s1. The van der Waals surface area contributed by atoms with E-state index >= 15 is 0 Å². The van der Waals surface area contributed by atoms with Crippen molar-refractivity contribution in [2.24, 2.45) is 0 Å². The lowest BCUT2D eigenvalue weighted by atomic mass is 9.81. The molecule has 3 aromatic rings. The minimum Gasteiger partial charge on any atom is -0.508 e. The van der Waals surface area contributed by atoms with Crippen LogP contribution in [0.2, 0.25) is 0 Å². The van der Waals surface area contributed by atoms with Gasteiger partial charge in [-0.15, -0.1) is 0 Å². The topological polar surface area (TPSA) is 62.2 Å². The molecule has 5 heteroatoms. The van der Waals surface area contributed by atoms with E-state index in [0.717, 1.165) is 35.8 Å². The third-order valence-corrected chi connectivity index (χ3v) is 6.45. The maximum Gasteiger partial charge on any atom is 0.123 e. The number of fused-ring (bicyclic) bond motifs is 1. The Kier molecular flexibility index (Phi) is 7.74. The van der Waals surface area contributed by atoms with Gasteiger partial charge in [0.1, 0.15) is 29.6 Å². The van der Waals surface area contributed by atoms with E-state index in [-0.39, 0.29) is 23.3 Å². The van der Waals surface area contributed by atoms with Crippen molar-refractivity contribution in [2.45, 2.75) is 31.6 Å². The van der Waals surface area contributed by atoms with Crippen LogP contribution in [0.5, 0.6) is 23.0 Å². The minimum atomic E-state index is 0.231. The van der Waals surface area contributed by atoms with Crippen LogP contribution in [0.4, 0.5) is 0 Å². The van der Waals surface area contributed by atoms with Crippen LogP contribution in [0.25, 0.3) is 0 Å². The van der Waals surface area contributed by atoms with E-state index in [1.807, 2.05) is 48.5 Å². The number of benzene rings is 3. The van der Waals surface area contributed by atoms with Crippen LogP contribution >= 0.6 is 0 Å². The zero-order valence-corrected chi connectivity index (χ0v) is 19.2. The van der Waals surface area contributed by atoms with Crippen molar-refractivity contribution in [3.05, 3.63) is 83.9 Å². The van der Waals surface area contributed by atoms with Crippen LogP contribution < -0.4 is 9.47 Å². The second-order valence-corrected chi connectivity index (χ2v) is 8.73. The van der Waals surface area contributed by atoms with E-state index in [9.17, 15) is 10.2 Å². The van der Waals surface area contributed by atoms with Gasteiger partial charge in [0, 0.05) is 18.0 Å². The second kappa shape index (κ2) is 11.1. The van der Waals surface area contributed by atoms with E-state index in [4.69, 9.17) is 9.47 Å². The van der Waals surface area contributed by atoms with Crippen molar-refractivity contribution in [3.8, 4) is 23.0 Å². The molecule has 0 unspecified atom stereocenters. The van der Waals surface area contributed by atoms with Crippen molar-refractivity contribution in [1.82, 2.24) is 4.90 Å². The van der Waals surface area contributed by atoms with Gasteiger partial charge in [0.2, 0.25) is 0 Å². The molecule has 2 atom stereocenters. The maximum atomic E-state index is 9.61. The molecule has 5 nitrogen and oxygen atoms in total. The number of rotatable bonds is 5. The van der Waals surface area contributed by atoms with Crippen LogP contribution in [0.1, 0.15) is 42.7 Å². The lowest BCUT2D eigenvalue weighted by Gasteiger charge is -2.31. The highest BCUT2D eigenvalue weighted by molar-refractivity contribution is 5.45. The van der Waals surface area contributed by atoms with Crippen molar-refractivity contribution in [2.75, 3.05) is 32.8 Å². The number of nitrogens with zero attached hydrogens (tertiary/aromatic N) is 1. The van der Waals surface area contributed by atoms with E-state index in [0.29, 0.717) is 6.61 Å². The van der Waals surface area contributed by atoms with Crippen LogP contribution in [-0.4, -0.2) is 48.0 Å². The number of ether oxygens (including phenoxy) is 2. The molecule has 0 aromatic heterocycles. The predicted molar refractivity (Wildman–Crippen MR) is 130 cm³/mol. The average molecular weight is 448 g/mol. The van der Waals surface area contributed by atoms with Gasteiger partial charge in [-0.3, -0.25) is 4.90 Å². The number of hydrogen-bond donors (Lipinski definition) is 2. The van der Waals surface area contributed by atoms with Crippen molar-refractivity contribution < 1.29 is 19.7 Å². The van der Waals surface area contributed by atoms with Crippen molar-refractivity contribution >= 4 is 0 Å². The molecular formula is C28H33NO4. The largest absolute Gasteiger partial charge is 0.508 e. The molecule has 1 saturated heterocycles. The van der Waals surface area contributed by atoms with Gasteiger partial charge in [0.25, 0.3) is 0 Å². The molecule has 0 radical (unpaired) electrons. The summed E-state index contributed by atoms with van der Waals surface area (Å²) >= 11 is 0. The Hall–Kier alpha value is -3.18. The number of aromatic hydroxyl groups is 2. The summed E-state index contributed by atoms with van der Waals surface area (Å²) in [4.78, 5) is 2.46. The third-order valence-electron chi connectivity index (χ3n) is 6.45. The minimum absolute atomic E-state index is 0.231. The summed E-state index contributed by atoms with van der Waals surface area (Å²) in [6, 6.07) is 22.5. The van der Waals surface area contributed by atoms with Gasteiger partial charge in [-0.1, -0.05) is 37.3 Å². The maximum absolute atomic E-state index is 9.61. The first kappa shape index (κ1) is 23.0. The number of phenols is 2. The summed E-state index contributed by atoms with van der Waals surface area (Å²) in [5.74, 6) is 2.86. The third kappa shape index (κ3) is 6.20. The first-order valence-electron chi connectivity index (χ1n) is 11.7.